The molecular weight excluding hydrogens is 256 g/mol. The molecule has 0 amide bonds. The first kappa shape index (κ1) is 15.7. The second kappa shape index (κ2) is 6.41. The molecule has 1 aliphatic carbocycles. The highest BCUT2D eigenvalue weighted by molar-refractivity contribution is 5.81. The molecule has 2 aliphatic rings. The lowest BCUT2D eigenvalue weighted by Gasteiger charge is -2.42. The van der Waals surface area contributed by atoms with Crippen molar-refractivity contribution >= 4 is 5.97 Å². The number of esters is 1. The SMILES string of the molecule is CCC1COC(C)CN1C1CCC(NC)(C(=O)OC)C1. The second-order valence-corrected chi connectivity index (χ2v) is 6.12. The van der Waals surface area contributed by atoms with Crippen LogP contribution >= 0.6 is 0 Å². The molecule has 0 bridgehead atoms. The molecule has 5 nitrogen and oxygen atoms in total. The number of rotatable bonds is 4. The zero-order chi connectivity index (χ0) is 14.8. The molecule has 2 rings (SSSR count). The first-order valence-corrected chi connectivity index (χ1v) is 7.71. The zero-order valence-electron chi connectivity index (χ0n) is 13.1. The molecular formula is C15H28N2O3. The van der Waals surface area contributed by atoms with Crippen LogP contribution in [0, 0.1) is 0 Å². The van der Waals surface area contributed by atoms with E-state index in [2.05, 4.69) is 24.1 Å². The van der Waals surface area contributed by atoms with Gasteiger partial charge < -0.3 is 14.8 Å². The molecule has 0 spiro atoms. The summed E-state index contributed by atoms with van der Waals surface area (Å²) < 4.78 is 10.8. The van der Waals surface area contributed by atoms with Crippen molar-refractivity contribution in [1.29, 1.82) is 0 Å². The van der Waals surface area contributed by atoms with Gasteiger partial charge in [-0.25, -0.2) is 0 Å². The van der Waals surface area contributed by atoms with Gasteiger partial charge in [0.05, 0.1) is 19.8 Å². The van der Waals surface area contributed by atoms with E-state index in [1.165, 1.54) is 7.11 Å². The number of nitrogens with one attached hydrogen (secondary N) is 1. The van der Waals surface area contributed by atoms with Gasteiger partial charge in [-0.05, 0) is 39.7 Å². The average molecular weight is 284 g/mol. The lowest BCUT2D eigenvalue weighted by Crippen LogP contribution is -2.55. The number of methoxy groups -OCH3 is 1. The van der Waals surface area contributed by atoms with Crippen LogP contribution in [0.3, 0.4) is 0 Å². The molecule has 1 N–H and O–H groups in total. The molecule has 1 heterocycles. The fourth-order valence-electron chi connectivity index (χ4n) is 3.68. The van der Waals surface area contributed by atoms with Crippen LogP contribution in [-0.2, 0) is 14.3 Å². The Balaban J connectivity index is 2.08. The maximum absolute atomic E-state index is 12.1. The van der Waals surface area contributed by atoms with Crippen LogP contribution in [0.5, 0.6) is 0 Å². The van der Waals surface area contributed by atoms with Gasteiger partial charge in [-0.1, -0.05) is 6.92 Å². The number of hydrogen-bond acceptors (Lipinski definition) is 5. The van der Waals surface area contributed by atoms with Gasteiger partial charge in [0, 0.05) is 18.6 Å². The van der Waals surface area contributed by atoms with E-state index in [1.807, 2.05) is 7.05 Å². The number of carbonyl (C=O) groups is 1. The van der Waals surface area contributed by atoms with Crippen LogP contribution in [-0.4, -0.2) is 61.9 Å². The van der Waals surface area contributed by atoms with Gasteiger partial charge in [0.15, 0.2) is 0 Å². The summed E-state index contributed by atoms with van der Waals surface area (Å²) in [5, 5.41) is 3.21. The van der Waals surface area contributed by atoms with Crippen molar-refractivity contribution in [3.8, 4) is 0 Å². The molecule has 5 heteroatoms. The summed E-state index contributed by atoms with van der Waals surface area (Å²) in [6, 6.07) is 0.916. The van der Waals surface area contributed by atoms with Crippen LogP contribution in [0.4, 0.5) is 0 Å². The summed E-state index contributed by atoms with van der Waals surface area (Å²) >= 11 is 0. The summed E-state index contributed by atoms with van der Waals surface area (Å²) in [6.45, 7) is 6.10. The van der Waals surface area contributed by atoms with Gasteiger partial charge in [-0.2, -0.15) is 0 Å². The topological polar surface area (TPSA) is 50.8 Å². The third kappa shape index (κ3) is 2.85. The fraction of sp³-hybridized carbons (Fsp3) is 0.933. The molecule has 0 aromatic rings. The molecule has 4 atom stereocenters. The number of morpholine rings is 1. The van der Waals surface area contributed by atoms with Crippen molar-refractivity contribution < 1.29 is 14.3 Å². The molecule has 1 saturated heterocycles. The molecule has 20 heavy (non-hydrogen) atoms. The van der Waals surface area contributed by atoms with Gasteiger partial charge in [0.1, 0.15) is 5.54 Å². The number of carbonyl (C=O) groups excluding carboxylic acids is 1. The number of likely N-dealkylation sites (N-methyl/N-ethyl adjacent to an activating group) is 1. The van der Waals surface area contributed by atoms with Crippen LogP contribution < -0.4 is 5.32 Å². The van der Waals surface area contributed by atoms with E-state index < -0.39 is 5.54 Å². The minimum atomic E-state index is -0.501. The Morgan fingerprint density at radius 1 is 1.55 bits per heavy atom. The largest absolute Gasteiger partial charge is 0.468 e. The molecule has 0 aromatic heterocycles. The monoisotopic (exact) mass is 284 g/mol. The molecule has 0 radical (unpaired) electrons. The molecule has 4 unspecified atom stereocenters. The van der Waals surface area contributed by atoms with E-state index in [9.17, 15) is 4.79 Å². The van der Waals surface area contributed by atoms with E-state index in [0.29, 0.717) is 12.1 Å². The first-order chi connectivity index (χ1) is 9.56. The fourth-order valence-corrected chi connectivity index (χ4v) is 3.68. The normalized spacial score (nSPS) is 38.9. The Kier molecular flexibility index (Phi) is 5.04. The van der Waals surface area contributed by atoms with Crippen molar-refractivity contribution in [2.45, 2.75) is 63.3 Å². The third-order valence-corrected chi connectivity index (χ3v) is 4.99. The minimum absolute atomic E-state index is 0.128. The van der Waals surface area contributed by atoms with Gasteiger partial charge in [-0.3, -0.25) is 9.69 Å². The minimum Gasteiger partial charge on any atom is -0.468 e. The standard InChI is InChI=1S/C15H28N2O3/c1-5-12-10-20-11(2)9-17(12)13-6-7-15(8-13,16-3)14(18)19-4/h11-13,16H,5-10H2,1-4H3. The van der Waals surface area contributed by atoms with E-state index in [4.69, 9.17) is 9.47 Å². The van der Waals surface area contributed by atoms with Gasteiger partial charge in [0.25, 0.3) is 0 Å². The van der Waals surface area contributed by atoms with E-state index in [-0.39, 0.29) is 12.1 Å². The predicted molar refractivity (Wildman–Crippen MR) is 77.6 cm³/mol. The molecule has 0 aromatic carbocycles. The molecule has 116 valence electrons. The molecule has 1 aliphatic heterocycles. The van der Waals surface area contributed by atoms with Crippen LogP contribution in [0.25, 0.3) is 0 Å². The van der Waals surface area contributed by atoms with E-state index in [0.717, 1.165) is 38.8 Å². The molecule has 1 saturated carbocycles. The number of hydrogen-bond donors (Lipinski definition) is 1. The van der Waals surface area contributed by atoms with Gasteiger partial charge >= 0.3 is 5.97 Å². The Labute approximate surface area is 122 Å². The smallest absolute Gasteiger partial charge is 0.326 e. The summed E-state index contributed by atoms with van der Waals surface area (Å²) in [5.41, 5.74) is -0.501. The number of ether oxygens (including phenoxy) is 2. The summed E-state index contributed by atoms with van der Waals surface area (Å²) in [4.78, 5) is 14.6. The van der Waals surface area contributed by atoms with Crippen molar-refractivity contribution in [2.75, 3.05) is 27.3 Å². The Morgan fingerprint density at radius 2 is 2.30 bits per heavy atom. The highest BCUT2D eigenvalue weighted by Gasteiger charge is 2.48. The second-order valence-electron chi connectivity index (χ2n) is 6.12. The average Bonchev–Trinajstić information content (AvgIpc) is 2.92. The van der Waals surface area contributed by atoms with Crippen LogP contribution in [0.15, 0.2) is 0 Å². The Morgan fingerprint density at radius 3 is 2.90 bits per heavy atom. The van der Waals surface area contributed by atoms with Crippen molar-refractivity contribution in [1.82, 2.24) is 10.2 Å². The molecule has 2 fully saturated rings. The van der Waals surface area contributed by atoms with Crippen molar-refractivity contribution in [2.24, 2.45) is 0 Å². The summed E-state index contributed by atoms with van der Waals surface area (Å²) in [5.74, 6) is -0.128. The lowest BCUT2D eigenvalue weighted by molar-refractivity contribution is -0.148. The quantitative estimate of drug-likeness (QED) is 0.785. The lowest BCUT2D eigenvalue weighted by atomic mass is 9.97. The maximum Gasteiger partial charge on any atom is 0.326 e. The summed E-state index contributed by atoms with van der Waals surface area (Å²) in [6.07, 6.45) is 4.09. The number of nitrogens with zero attached hydrogens (tertiary/aromatic N) is 1. The van der Waals surface area contributed by atoms with Gasteiger partial charge in [-0.15, -0.1) is 0 Å². The van der Waals surface area contributed by atoms with E-state index >= 15 is 0 Å². The Bertz CT molecular complexity index is 350. The zero-order valence-corrected chi connectivity index (χ0v) is 13.1. The van der Waals surface area contributed by atoms with Crippen LogP contribution in [0.2, 0.25) is 0 Å². The maximum atomic E-state index is 12.1. The third-order valence-electron chi connectivity index (χ3n) is 4.99. The summed E-state index contributed by atoms with van der Waals surface area (Å²) in [7, 11) is 3.33. The van der Waals surface area contributed by atoms with E-state index in [1.54, 1.807) is 0 Å². The predicted octanol–water partition coefficient (Wildman–Crippen LogP) is 1.17. The van der Waals surface area contributed by atoms with Gasteiger partial charge in [0.2, 0.25) is 0 Å². The van der Waals surface area contributed by atoms with Crippen molar-refractivity contribution in [3.05, 3.63) is 0 Å². The first-order valence-electron chi connectivity index (χ1n) is 7.71. The highest BCUT2D eigenvalue weighted by atomic mass is 16.5. The Hall–Kier alpha value is -0.650. The van der Waals surface area contributed by atoms with Crippen LogP contribution in [0.1, 0.15) is 39.5 Å². The van der Waals surface area contributed by atoms with Crippen molar-refractivity contribution in [3.63, 3.8) is 0 Å². The highest BCUT2D eigenvalue weighted by Crippen LogP contribution is 2.36.